The molecule has 26 heavy (non-hydrogen) atoms. The first kappa shape index (κ1) is 20.5. The lowest BCUT2D eigenvalue weighted by atomic mass is 9.85. The number of carbonyl (C=O) groups excluding carboxylic acids is 1. The quantitative estimate of drug-likeness (QED) is 0.657. The van der Waals surface area contributed by atoms with Crippen LogP contribution in [0.1, 0.15) is 29.7 Å². The molecule has 0 saturated heterocycles. The highest BCUT2D eigenvalue weighted by Gasteiger charge is 2.41. The number of rotatable bonds is 5. The number of Topliss-reactive ketones (excluding diaryl/α,β-unsaturated/α-hetero) is 1. The van der Waals surface area contributed by atoms with E-state index in [4.69, 9.17) is 9.47 Å². The Morgan fingerprint density at radius 3 is 2.31 bits per heavy atom. The zero-order valence-electron chi connectivity index (χ0n) is 15.8. The summed E-state index contributed by atoms with van der Waals surface area (Å²) in [7, 11) is 5.50. The summed E-state index contributed by atoms with van der Waals surface area (Å²) in [4.78, 5) is 12.0. The molecule has 0 aliphatic carbocycles. The van der Waals surface area contributed by atoms with E-state index in [0.717, 1.165) is 24.5 Å². The van der Waals surface area contributed by atoms with Gasteiger partial charge >= 0.3 is 0 Å². The highest BCUT2D eigenvalue weighted by atomic mass is 79.9. The van der Waals surface area contributed by atoms with Gasteiger partial charge in [-0.1, -0.05) is 30.3 Å². The topological polar surface area (TPSA) is 35.5 Å². The average molecular weight is 420 g/mol. The first-order valence-electron chi connectivity index (χ1n) is 8.62. The Bertz CT molecular complexity index is 778. The van der Waals surface area contributed by atoms with Gasteiger partial charge in [0.25, 0.3) is 0 Å². The van der Waals surface area contributed by atoms with Gasteiger partial charge in [-0.05, 0) is 17.7 Å². The van der Waals surface area contributed by atoms with Gasteiger partial charge in [0.2, 0.25) is 0 Å². The van der Waals surface area contributed by atoms with Crippen LogP contribution in [-0.4, -0.2) is 44.6 Å². The second-order valence-electron chi connectivity index (χ2n) is 7.03. The average Bonchev–Trinajstić information content (AvgIpc) is 2.60. The van der Waals surface area contributed by atoms with Gasteiger partial charge < -0.3 is 30.9 Å². The molecule has 4 nitrogen and oxygen atoms in total. The van der Waals surface area contributed by atoms with Gasteiger partial charge in [0, 0.05) is 24.5 Å². The van der Waals surface area contributed by atoms with E-state index in [1.807, 2.05) is 6.07 Å². The van der Waals surface area contributed by atoms with Crippen LogP contribution in [0.5, 0.6) is 11.5 Å². The molecule has 0 N–H and O–H groups in total. The monoisotopic (exact) mass is 419 g/mol. The predicted octanol–water partition coefficient (Wildman–Crippen LogP) is 0.389. The first-order valence-corrected chi connectivity index (χ1v) is 8.62. The third-order valence-corrected chi connectivity index (χ3v) is 5.15. The molecule has 0 bridgehead atoms. The highest BCUT2D eigenvalue weighted by Crippen LogP contribution is 2.43. The number of hydrogen-bond acceptors (Lipinski definition) is 3. The molecule has 1 aliphatic rings. The van der Waals surface area contributed by atoms with Crippen molar-refractivity contribution in [3.63, 3.8) is 0 Å². The second kappa shape index (κ2) is 8.23. The standard InChI is InChI=1S/C21H26NO3.BrH/c1-15(23)14-22(2)11-10-17-12-19(24-3)20(25-4)13-18(17)21(22)16-8-6-5-7-9-16;/h5-9,12-13,21H,10-11,14H2,1-4H3;1H/q+1;/p-1/t21-,22+;/m1./s1. The summed E-state index contributed by atoms with van der Waals surface area (Å²) >= 11 is 0. The largest absolute Gasteiger partial charge is 1.00 e. The zero-order chi connectivity index (χ0) is 18.0. The number of methoxy groups -OCH3 is 2. The molecular weight excluding hydrogens is 394 g/mol. The Morgan fingerprint density at radius 1 is 1.12 bits per heavy atom. The van der Waals surface area contributed by atoms with E-state index >= 15 is 0 Å². The molecule has 2 atom stereocenters. The Balaban J connectivity index is 0.00000243. The molecule has 2 aromatic carbocycles. The Morgan fingerprint density at radius 2 is 1.73 bits per heavy atom. The van der Waals surface area contributed by atoms with Gasteiger partial charge in [-0.3, -0.25) is 4.79 Å². The van der Waals surface area contributed by atoms with E-state index in [-0.39, 0.29) is 28.8 Å². The van der Waals surface area contributed by atoms with E-state index in [2.05, 4.69) is 43.4 Å². The molecule has 140 valence electrons. The van der Waals surface area contributed by atoms with Gasteiger partial charge in [0.05, 0.1) is 27.8 Å². The lowest BCUT2D eigenvalue weighted by Crippen LogP contribution is -3.00. The minimum Gasteiger partial charge on any atom is -1.00 e. The summed E-state index contributed by atoms with van der Waals surface area (Å²) in [6.07, 6.45) is 0.919. The first-order chi connectivity index (χ1) is 12.0. The van der Waals surface area contributed by atoms with Crippen molar-refractivity contribution in [3.8, 4) is 11.5 Å². The van der Waals surface area contributed by atoms with E-state index in [0.29, 0.717) is 11.0 Å². The molecule has 1 aliphatic heterocycles. The molecular formula is C21H26BrNO3. The number of likely N-dealkylation sites (N-methyl/N-ethyl adjacent to an activating group) is 1. The van der Waals surface area contributed by atoms with Gasteiger partial charge in [-0.2, -0.15) is 0 Å². The number of fused-ring (bicyclic) bond motifs is 1. The van der Waals surface area contributed by atoms with Crippen LogP contribution in [-0.2, 0) is 11.2 Å². The third kappa shape index (κ3) is 3.79. The van der Waals surface area contributed by atoms with Crippen molar-refractivity contribution < 1.29 is 35.7 Å². The lowest BCUT2D eigenvalue weighted by molar-refractivity contribution is -0.928. The maximum absolute atomic E-state index is 12.0. The summed E-state index contributed by atoms with van der Waals surface area (Å²) in [5, 5.41) is 0. The van der Waals surface area contributed by atoms with E-state index in [1.54, 1.807) is 21.1 Å². The number of hydrogen-bond donors (Lipinski definition) is 0. The number of benzene rings is 2. The number of ketones is 1. The number of carbonyl (C=O) groups is 1. The minimum atomic E-state index is 0. The number of ether oxygens (including phenoxy) is 2. The zero-order valence-corrected chi connectivity index (χ0v) is 17.4. The SMILES string of the molecule is COc1cc2c(cc1OC)[C@@H](c1ccccc1)[N@+](C)(CC(C)=O)CC2.[Br-]. The molecule has 0 aromatic heterocycles. The normalized spacial score (nSPS) is 21.3. The summed E-state index contributed by atoms with van der Waals surface area (Å²) < 4.78 is 11.7. The fourth-order valence-corrected chi connectivity index (χ4v) is 4.10. The van der Waals surface area contributed by atoms with Crippen molar-refractivity contribution in [2.45, 2.75) is 19.4 Å². The van der Waals surface area contributed by atoms with Gasteiger partial charge in [-0.15, -0.1) is 0 Å². The molecule has 2 aromatic rings. The molecule has 0 fully saturated rings. The van der Waals surface area contributed by atoms with Crippen LogP contribution in [0, 0.1) is 0 Å². The summed E-state index contributed by atoms with van der Waals surface area (Å²) in [6, 6.07) is 14.7. The van der Waals surface area contributed by atoms with Crippen LogP contribution < -0.4 is 26.5 Å². The molecule has 0 unspecified atom stereocenters. The van der Waals surface area contributed by atoms with Gasteiger partial charge in [0.15, 0.2) is 17.3 Å². The summed E-state index contributed by atoms with van der Waals surface area (Å²) in [5.74, 6) is 1.71. The van der Waals surface area contributed by atoms with Crippen molar-refractivity contribution in [2.24, 2.45) is 0 Å². The number of quaternary nitrogens is 1. The van der Waals surface area contributed by atoms with Crippen molar-refractivity contribution in [2.75, 3.05) is 34.4 Å². The van der Waals surface area contributed by atoms with Crippen LogP contribution in [0.4, 0.5) is 0 Å². The second-order valence-corrected chi connectivity index (χ2v) is 7.03. The number of nitrogens with zero attached hydrogens (tertiary/aromatic N) is 1. The van der Waals surface area contributed by atoms with Crippen LogP contribution >= 0.6 is 0 Å². The fourth-order valence-electron chi connectivity index (χ4n) is 4.10. The summed E-state index contributed by atoms with van der Waals surface area (Å²) in [6.45, 7) is 3.12. The van der Waals surface area contributed by atoms with Crippen molar-refractivity contribution in [3.05, 3.63) is 59.2 Å². The molecule has 0 saturated carbocycles. The van der Waals surface area contributed by atoms with Gasteiger partial charge in [-0.25, -0.2) is 0 Å². The van der Waals surface area contributed by atoms with E-state index < -0.39 is 0 Å². The molecule has 1 heterocycles. The minimum absolute atomic E-state index is 0. The van der Waals surface area contributed by atoms with Crippen LogP contribution in [0.25, 0.3) is 0 Å². The molecule has 3 rings (SSSR count). The Kier molecular flexibility index (Phi) is 6.48. The maximum atomic E-state index is 12.0. The Hall–Kier alpha value is -1.85. The van der Waals surface area contributed by atoms with E-state index in [1.165, 1.54) is 16.7 Å². The lowest BCUT2D eigenvalue weighted by Gasteiger charge is -2.45. The van der Waals surface area contributed by atoms with Crippen molar-refractivity contribution in [1.82, 2.24) is 0 Å². The van der Waals surface area contributed by atoms with Crippen LogP contribution in [0.15, 0.2) is 42.5 Å². The highest BCUT2D eigenvalue weighted by molar-refractivity contribution is 5.76. The third-order valence-electron chi connectivity index (χ3n) is 5.15. The Labute approximate surface area is 166 Å². The molecule has 0 radical (unpaired) electrons. The summed E-state index contributed by atoms with van der Waals surface area (Å²) in [5.41, 5.74) is 3.71. The smallest absolute Gasteiger partial charge is 0.183 e. The molecule has 0 amide bonds. The van der Waals surface area contributed by atoms with Crippen LogP contribution in [0.3, 0.4) is 0 Å². The van der Waals surface area contributed by atoms with E-state index in [9.17, 15) is 4.79 Å². The predicted molar refractivity (Wildman–Crippen MR) is 98.1 cm³/mol. The van der Waals surface area contributed by atoms with Crippen molar-refractivity contribution >= 4 is 5.78 Å². The maximum Gasteiger partial charge on any atom is 0.183 e. The van der Waals surface area contributed by atoms with Crippen molar-refractivity contribution in [1.29, 1.82) is 0 Å². The van der Waals surface area contributed by atoms with Crippen LogP contribution in [0.2, 0.25) is 0 Å². The van der Waals surface area contributed by atoms with Gasteiger partial charge in [0.1, 0.15) is 12.6 Å². The fraction of sp³-hybridized carbons (Fsp3) is 0.381. The molecule has 5 heteroatoms. The molecule has 0 spiro atoms. The number of halogens is 1.